The van der Waals surface area contributed by atoms with Gasteiger partial charge in [0, 0.05) is 5.56 Å². The van der Waals surface area contributed by atoms with Crippen LogP contribution in [-0.2, 0) is 0 Å². The van der Waals surface area contributed by atoms with Gasteiger partial charge in [0.15, 0.2) is 0 Å². The van der Waals surface area contributed by atoms with Crippen molar-refractivity contribution < 1.29 is 9.53 Å². The first-order chi connectivity index (χ1) is 17.2. The molecule has 0 aliphatic heterocycles. The molecule has 1 saturated carbocycles. The zero-order valence-corrected chi connectivity index (χ0v) is 20.1. The second kappa shape index (κ2) is 10.6. The second-order valence-electron chi connectivity index (χ2n) is 9.17. The zero-order valence-electron chi connectivity index (χ0n) is 20.1. The third kappa shape index (κ3) is 4.99. The summed E-state index contributed by atoms with van der Waals surface area (Å²) in [6.45, 7) is 0. The van der Waals surface area contributed by atoms with Crippen LogP contribution in [0.1, 0.15) is 54.1 Å². The topological polar surface area (TPSA) is 56.1 Å². The van der Waals surface area contributed by atoms with E-state index in [1.54, 1.807) is 11.8 Å². The molecule has 3 aromatic carbocycles. The van der Waals surface area contributed by atoms with Gasteiger partial charge in [-0.15, -0.1) is 0 Å². The van der Waals surface area contributed by atoms with Crippen LogP contribution in [-0.4, -0.2) is 22.8 Å². The number of benzene rings is 3. The van der Waals surface area contributed by atoms with Gasteiger partial charge >= 0.3 is 0 Å². The maximum absolute atomic E-state index is 14.0. The number of amides is 1. The van der Waals surface area contributed by atoms with Crippen LogP contribution in [0.4, 0.5) is 0 Å². The molecule has 0 spiro atoms. The van der Waals surface area contributed by atoms with Gasteiger partial charge in [-0.3, -0.25) is 4.79 Å². The van der Waals surface area contributed by atoms with Crippen molar-refractivity contribution in [2.24, 2.45) is 5.92 Å². The van der Waals surface area contributed by atoms with Crippen molar-refractivity contribution in [3.63, 3.8) is 0 Å². The lowest BCUT2D eigenvalue weighted by Crippen LogP contribution is -2.30. The lowest BCUT2D eigenvalue weighted by molar-refractivity contribution is 0.0928. The molecule has 1 aromatic heterocycles. The minimum atomic E-state index is -0.172. The summed E-state index contributed by atoms with van der Waals surface area (Å²) < 4.78 is 7.53. The van der Waals surface area contributed by atoms with Gasteiger partial charge in [0.05, 0.1) is 18.8 Å². The summed E-state index contributed by atoms with van der Waals surface area (Å²) in [6, 6.07) is 29.8. The molecule has 1 unspecified atom stereocenters. The average molecular weight is 466 g/mol. The van der Waals surface area contributed by atoms with Gasteiger partial charge in [-0.25, -0.2) is 0 Å². The first kappa shape index (κ1) is 22.9. The van der Waals surface area contributed by atoms with Crippen molar-refractivity contribution in [3.05, 3.63) is 102 Å². The second-order valence-corrected chi connectivity index (χ2v) is 9.17. The quantitative estimate of drug-likeness (QED) is 0.319. The predicted molar refractivity (Wildman–Crippen MR) is 139 cm³/mol. The molecule has 1 heterocycles. The molecule has 1 aliphatic rings. The lowest BCUT2D eigenvalue weighted by atomic mass is 9.93. The number of carbonyl (C=O) groups is 1. The Morgan fingerprint density at radius 2 is 1.54 bits per heavy atom. The van der Waals surface area contributed by atoms with Crippen LogP contribution < -0.4 is 10.1 Å². The number of methoxy groups -OCH3 is 1. The number of nitrogens with one attached hydrogen (secondary N) is 1. The van der Waals surface area contributed by atoms with Gasteiger partial charge in [-0.1, -0.05) is 105 Å². The predicted octanol–water partition coefficient (Wildman–Crippen LogP) is 6.60. The first-order valence-corrected chi connectivity index (χ1v) is 12.4. The van der Waals surface area contributed by atoms with E-state index in [-0.39, 0.29) is 11.9 Å². The lowest BCUT2D eigenvalue weighted by Gasteiger charge is -2.23. The normalized spacial score (nSPS) is 14.5. The highest BCUT2D eigenvalue weighted by Crippen LogP contribution is 2.36. The number of para-hydroxylation sites is 1. The molecular formula is C30H31N3O2. The van der Waals surface area contributed by atoms with Crippen molar-refractivity contribution >= 4 is 5.91 Å². The number of hydrogen-bond donors (Lipinski definition) is 1. The molecule has 0 bridgehead atoms. The largest absolute Gasteiger partial charge is 0.480 e. The molecule has 1 atom stereocenters. The molecule has 0 radical (unpaired) electrons. The summed E-state index contributed by atoms with van der Waals surface area (Å²) in [5.41, 5.74) is 3.90. The summed E-state index contributed by atoms with van der Waals surface area (Å²) in [6.07, 6.45) is 5.94. The fourth-order valence-corrected chi connectivity index (χ4v) is 5.11. The summed E-state index contributed by atoms with van der Waals surface area (Å²) in [7, 11) is 1.59. The maximum atomic E-state index is 14.0. The summed E-state index contributed by atoms with van der Waals surface area (Å²) in [5, 5.41) is 8.21. The molecule has 0 saturated heterocycles. The van der Waals surface area contributed by atoms with Crippen molar-refractivity contribution in [2.45, 2.75) is 38.1 Å². The van der Waals surface area contributed by atoms with Crippen LogP contribution in [0, 0.1) is 5.92 Å². The van der Waals surface area contributed by atoms with Gasteiger partial charge in [0.25, 0.3) is 5.91 Å². The van der Waals surface area contributed by atoms with E-state index in [0.29, 0.717) is 23.1 Å². The van der Waals surface area contributed by atoms with E-state index in [1.807, 2.05) is 78.9 Å². The summed E-state index contributed by atoms with van der Waals surface area (Å²) in [5.74, 6) is 0.887. The third-order valence-electron chi connectivity index (χ3n) is 6.86. The molecular weight excluding hydrogens is 434 g/mol. The minimum absolute atomic E-state index is 0.0693. The molecule has 1 aliphatic carbocycles. The number of nitrogens with zero attached hydrogens (tertiary/aromatic N) is 2. The smallest absolute Gasteiger partial charge is 0.259 e. The van der Waals surface area contributed by atoms with Crippen LogP contribution in [0.5, 0.6) is 5.88 Å². The molecule has 1 amide bonds. The molecule has 5 rings (SSSR count). The van der Waals surface area contributed by atoms with Crippen LogP contribution in [0.25, 0.3) is 16.9 Å². The molecule has 1 fully saturated rings. The number of rotatable bonds is 8. The molecule has 5 heteroatoms. The van der Waals surface area contributed by atoms with Crippen LogP contribution in [0.15, 0.2) is 91.0 Å². The van der Waals surface area contributed by atoms with Gasteiger partial charge < -0.3 is 10.1 Å². The number of ether oxygens (including phenoxy) is 1. The molecule has 178 valence electrons. The van der Waals surface area contributed by atoms with Crippen LogP contribution in [0.2, 0.25) is 0 Å². The fraction of sp³-hybridized carbons (Fsp3) is 0.267. The van der Waals surface area contributed by atoms with Gasteiger partial charge in [0.1, 0.15) is 11.3 Å². The van der Waals surface area contributed by atoms with Gasteiger partial charge in [0.2, 0.25) is 5.88 Å². The van der Waals surface area contributed by atoms with E-state index in [0.717, 1.165) is 23.2 Å². The Morgan fingerprint density at radius 3 is 2.17 bits per heavy atom. The van der Waals surface area contributed by atoms with E-state index >= 15 is 0 Å². The highest BCUT2D eigenvalue weighted by molar-refractivity contribution is 6.02. The van der Waals surface area contributed by atoms with Gasteiger partial charge in [-0.2, -0.15) is 9.78 Å². The average Bonchev–Trinajstić information content (AvgIpc) is 3.57. The van der Waals surface area contributed by atoms with Crippen molar-refractivity contribution in [1.29, 1.82) is 0 Å². The van der Waals surface area contributed by atoms with E-state index < -0.39 is 0 Å². The number of carbonyl (C=O) groups excluding carboxylic acids is 1. The summed E-state index contributed by atoms with van der Waals surface area (Å²) in [4.78, 5) is 14.0. The fourth-order valence-electron chi connectivity index (χ4n) is 5.11. The monoisotopic (exact) mass is 465 g/mol. The van der Waals surface area contributed by atoms with Crippen molar-refractivity contribution in [3.8, 4) is 22.8 Å². The van der Waals surface area contributed by atoms with E-state index in [2.05, 4.69) is 17.4 Å². The Hall–Kier alpha value is -3.86. The summed E-state index contributed by atoms with van der Waals surface area (Å²) >= 11 is 0. The van der Waals surface area contributed by atoms with Crippen LogP contribution >= 0.6 is 0 Å². The Morgan fingerprint density at radius 1 is 0.943 bits per heavy atom. The van der Waals surface area contributed by atoms with Gasteiger partial charge in [-0.05, 0) is 30.0 Å². The Kier molecular flexibility index (Phi) is 6.94. The molecule has 1 N–H and O–H groups in total. The van der Waals surface area contributed by atoms with E-state index in [9.17, 15) is 4.79 Å². The number of hydrogen-bond acceptors (Lipinski definition) is 3. The highest BCUT2D eigenvalue weighted by Gasteiger charge is 2.30. The highest BCUT2D eigenvalue weighted by atomic mass is 16.5. The molecule has 35 heavy (non-hydrogen) atoms. The standard InChI is InChI=1S/C30H31N3O2/c1-35-30-27(28(24-17-7-3-8-18-24)32-33(30)25-19-9-4-10-20-25)29(34)31-26(21-22-13-11-12-14-22)23-15-5-2-6-16-23/h2-10,15-20,22,26H,11-14,21H2,1H3,(H,31,34). The zero-order chi connectivity index (χ0) is 24.0. The molecule has 4 aromatic rings. The SMILES string of the molecule is COc1c(C(=O)NC(CC2CCCC2)c2ccccc2)c(-c2ccccc2)nn1-c1ccccc1. The molecule has 5 nitrogen and oxygen atoms in total. The van der Waals surface area contributed by atoms with E-state index in [1.165, 1.54) is 25.7 Å². The Bertz CT molecular complexity index is 1250. The number of aromatic nitrogens is 2. The third-order valence-corrected chi connectivity index (χ3v) is 6.86. The minimum Gasteiger partial charge on any atom is -0.480 e. The van der Waals surface area contributed by atoms with Crippen LogP contribution in [0.3, 0.4) is 0 Å². The Labute approximate surface area is 206 Å². The Balaban J connectivity index is 1.56. The first-order valence-electron chi connectivity index (χ1n) is 12.4. The van der Waals surface area contributed by atoms with E-state index in [4.69, 9.17) is 9.84 Å². The van der Waals surface area contributed by atoms with Crippen molar-refractivity contribution in [1.82, 2.24) is 15.1 Å². The maximum Gasteiger partial charge on any atom is 0.259 e. The van der Waals surface area contributed by atoms with Crippen molar-refractivity contribution in [2.75, 3.05) is 7.11 Å².